The topological polar surface area (TPSA) is 45.2 Å². The molecule has 0 spiro atoms. The normalized spacial score (nSPS) is 16.9. The molecule has 0 saturated carbocycles. The number of anilines is 1. The van der Waals surface area contributed by atoms with Gasteiger partial charge in [-0.1, -0.05) is 27.2 Å². The zero-order valence-electron chi connectivity index (χ0n) is 12.8. The minimum atomic E-state index is 0.0328. The van der Waals surface area contributed by atoms with Crippen molar-refractivity contribution >= 4 is 11.7 Å². The molecule has 1 aromatic heterocycles. The van der Waals surface area contributed by atoms with Gasteiger partial charge in [0.25, 0.3) is 0 Å². The van der Waals surface area contributed by atoms with Crippen LogP contribution in [0, 0.1) is 0 Å². The molecule has 4 heteroatoms. The van der Waals surface area contributed by atoms with Crippen molar-refractivity contribution in [2.24, 2.45) is 0 Å². The van der Waals surface area contributed by atoms with Crippen molar-refractivity contribution in [3.05, 3.63) is 23.9 Å². The predicted octanol–water partition coefficient (Wildman–Crippen LogP) is 2.80. The summed E-state index contributed by atoms with van der Waals surface area (Å²) in [6.45, 7) is 9.00. The molecule has 20 heavy (non-hydrogen) atoms. The fraction of sp³-hybridized carbons (Fsp3) is 0.625. The maximum atomic E-state index is 12.0. The fourth-order valence-electron chi connectivity index (χ4n) is 2.47. The summed E-state index contributed by atoms with van der Waals surface area (Å²) in [5.41, 5.74) is 1.25. The average Bonchev–Trinajstić information content (AvgIpc) is 2.39. The van der Waals surface area contributed by atoms with Crippen molar-refractivity contribution in [2.45, 2.75) is 45.4 Å². The van der Waals surface area contributed by atoms with E-state index in [0.29, 0.717) is 12.4 Å². The molecule has 1 aliphatic heterocycles. The summed E-state index contributed by atoms with van der Waals surface area (Å²) in [5, 5.41) is 2.91. The number of pyridine rings is 1. The van der Waals surface area contributed by atoms with Crippen molar-refractivity contribution in [2.75, 3.05) is 25.0 Å². The van der Waals surface area contributed by atoms with Gasteiger partial charge < -0.3 is 5.32 Å². The zero-order valence-corrected chi connectivity index (χ0v) is 12.8. The van der Waals surface area contributed by atoms with Crippen molar-refractivity contribution in [1.29, 1.82) is 0 Å². The van der Waals surface area contributed by atoms with Gasteiger partial charge in [-0.3, -0.25) is 9.69 Å². The summed E-state index contributed by atoms with van der Waals surface area (Å²) in [4.78, 5) is 18.5. The predicted molar refractivity (Wildman–Crippen MR) is 81.9 cm³/mol. The van der Waals surface area contributed by atoms with E-state index in [-0.39, 0.29) is 11.3 Å². The first-order valence-corrected chi connectivity index (χ1v) is 7.44. The highest BCUT2D eigenvalue weighted by molar-refractivity contribution is 5.91. The van der Waals surface area contributed by atoms with Crippen LogP contribution < -0.4 is 5.32 Å². The largest absolute Gasteiger partial charge is 0.310 e. The molecule has 1 amide bonds. The van der Waals surface area contributed by atoms with Crippen LogP contribution in [0.2, 0.25) is 0 Å². The van der Waals surface area contributed by atoms with Gasteiger partial charge in [0.2, 0.25) is 5.91 Å². The Hall–Kier alpha value is -1.42. The Kier molecular flexibility index (Phi) is 4.76. The van der Waals surface area contributed by atoms with Crippen LogP contribution in [0.1, 0.15) is 45.6 Å². The van der Waals surface area contributed by atoms with E-state index in [0.717, 1.165) is 13.1 Å². The number of likely N-dealkylation sites (tertiary alicyclic amines) is 1. The van der Waals surface area contributed by atoms with E-state index in [1.165, 1.54) is 24.8 Å². The van der Waals surface area contributed by atoms with Gasteiger partial charge >= 0.3 is 0 Å². The van der Waals surface area contributed by atoms with E-state index in [4.69, 9.17) is 0 Å². The number of nitrogens with zero attached hydrogens (tertiary/aromatic N) is 2. The highest BCUT2D eigenvalue weighted by Gasteiger charge is 2.16. The molecule has 1 N–H and O–H groups in total. The van der Waals surface area contributed by atoms with Gasteiger partial charge in [-0.15, -0.1) is 0 Å². The molecule has 2 heterocycles. The second-order valence-electron chi connectivity index (χ2n) is 6.56. The van der Waals surface area contributed by atoms with Gasteiger partial charge in [0.15, 0.2) is 0 Å². The lowest BCUT2D eigenvalue weighted by molar-refractivity contribution is -0.117. The highest BCUT2D eigenvalue weighted by atomic mass is 16.2. The molecule has 0 bridgehead atoms. The van der Waals surface area contributed by atoms with Crippen LogP contribution in [0.5, 0.6) is 0 Å². The summed E-state index contributed by atoms with van der Waals surface area (Å²) in [7, 11) is 0. The number of hydrogen-bond donors (Lipinski definition) is 1. The maximum Gasteiger partial charge on any atom is 0.239 e. The molecule has 1 aromatic rings. The van der Waals surface area contributed by atoms with Crippen LogP contribution in [0.4, 0.5) is 5.82 Å². The summed E-state index contributed by atoms with van der Waals surface area (Å²) in [5.74, 6) is 0.685. The molecule has 1 fully saturated rings. The van der Waals surface area contributed by atoms with E-state index in [9.17, 15) is 4.79 Å². The molecule has 1 saturated heterocycles. The van der Waals surface area contributed by atoms with Gasteiger partial charge in [-0.25, -0.2) is 4.98 Å². The summed E-state index contributed by atoms with van der Waals surface area (Å²) in [6.07, 6.45) is 5.44. The Bertz CT molecular complexity index is 459. The standard InChI is InChI=1S/C16H25N3O/c1-16(2,3)13-7-8-17-14(11-13)18-15(20)12-19-9-5-4-6-10-19/h7-8,11H,4-6,9-10,12H2,1-3H3,(H,17,18,20). The van der Waals surface area contributed by atoms with E-state index < -0.39 is 0 Å². The van der Waals surface area contributed by atoms with Crippen LogP contribution in [-0.2, 0) is 10.2 Å². The zero-order chi connectivity index (χ0) is 14.6. The van der Waals surface area contributed by atoms with Crippen LogP contribution >= 0.6 is 0 Å². The number of hydrogen-bond acceptors (Lipinski definition) is 3. The van der Waals surface area contributed by atoms with Crippen molar-refractivity contribution in [3.8, 4) is 0 Å². The van der Waals surface area contributed by atoms with Crippen LogP contribution in [0.3, 0.4) is 0 Å². The Morgan fingerprint density at radius 1 is 1.30 bits per heavy atom. The molecule has 110 valence electrons. The lowest BCUT2D eigenvalue weighted by Crippen LogP contribution is -2.37. The van der Waals surface area contributed by atoms with Crippen LogP contribution in [0.15, 0.2) is 18.3 Å². The maximum absolute atomic E-state index is 12.0. The quantitative estimate of drug-likeness (QED) is 0.922. The van der Waals surface area contributed by atoms with Crippen molar-refractivity contribution < 1.29 is 4.79 Å². The fourth-order valence-corrected chi connectivity index (χ4v) is 2.47. The Labute approximate surface area is 121 Å². The number of rotatable bonds is 3. The number of aromatic nitrogens is 1. The first-order chi connectivity index (χ1) is 9.45. The Morgan fingerprint density at radius 3 is 2.65 bits per heavy atom. The van der Waals surface area contributed by atoms with E-state index in [2.05, 4.69) is 36.0 Å². The lowest BCUT2D eigenvalue weighted by Gasteiger charge is -2.25. The Morgan fingerprint density at radius 2 is 2.00 bits per heavy atom. The molecule has 0 atom stereocenters. The van der Waals surface area contributed by atoms with Gasteiger partial charge in [0.1, 0.15) is 5.82 Å². The summed E-state index contributed by atoms with van der Waals surface area (Å²) < 4.78 is 0. The Balaban J connectivity index is 1.93. The molecular formula is C16H25N3O. The molecule has 0 aromatic carbocycles. The molecule has 0 radical (unpaired) electrons. The number of carbonyl (C=O) groups excluding carboxylic acids is 1. The first kappa shape index (κ1) is 15.0. The highest BCUT2D eigenvalue weighted by Crippen LogP contribution is 2.23. The van der Waals surface area contributed by atoms with E-state index >= 15 is 0 Å². The SMILES string of the molecule is CC(C)(C)c1ccnc(NC(=O)CN2CCCCC2)c1. The molecule has 0 unspecified atom stereocenters. The first-order valence-electron chi connectivity index (χ1n) is 7.44. The number of piperidine rings is 1. The number of nitrogens with one attached hydrogen (secondary N) is 1. The molecule has 0 aliphatic carbocycles. The van der Waals surface area contributed by atoms with Crippen molar-refractivity contribution in [1.82, 2.24) is 9.88 Å². The van der Waals surface area contributed by atoms with Crippen molar-refractivity contribution in [3.63, 3.8) is 0 Å². The van der Waals surface area contributed by atoms with Gasteiger partial charge in [-0.05, 0) is 49.0 Å². The molecular weight excluding hydrogens is 250 g/mol. The van der Waals surface area contributed by atoms with E-state index in [1.54, 1.807) is 6.20 Å². The van der Waals surface area contributed by atoms with E-state index in [1.807, 2.05) is 12.1 Å². The third kappa shape index (κ3) is 4.30. The summed E-state index contributed by atoms with van der Waals surface area (Å²) >= 11 is 0. The molecule has 2 rings (SSSR count). The second-order valence-corrected chi connectivity index (χ2v) is 6.56. The third-order valence-electron chi connectivity index (χ3n) is 3.71. The molecule has 4 nitrogen and oxygen atoms in total. The van der Waals surface area contributed by atoms with Gasteiger partial charge in [0.05, 0.1) is 6.54 Å². The summed E-state index contributed by atoms with van der Waals surface area (Å²) in [6, 6.07) is 3.97. The minimum absolute atomic E-state index is 0.0328. The third-order valence-corrected chi connectivity index (χ3v) is 3.71. The lowest BCUT2D eigenvalue weighted by atomic mass is 9.88. The molecule has 1 aliphatic rings. The van der Waals surface area contributed by atoms with Crippen LogP contribution in [0.25, 0.3) is 0 Å². The number of carbonyl (C=O) groups is 1. The van der Waals surface area contributed by atoms with Gasteiger partial charge in [-0.2, -0.15) is 0 Å². The minimum Gasteiger partial charge on any atom is -0.310 e. The monoisotopic (exact) mass is 275 g/mol. The average molecular weight is 275 g/mol. The smallest absolute Gasteiger partial charge is 0.239 e. The van der Waals surface area contributed by atoms with Gasteiger partial charge in [0, 0.05) is 6.20 Å². The second kappa shape index (κ2) is 6.35. The number of amides is 1. The van der Waals surface area contributed by atoms with Crippen LogP contribution in [-0.4, -0.2) is 35.4 Å².